The van der Waals surface area contributed by atoms with Crippen LogP contribution < -0.4 is 10.5 Å². The second kappa shape index (κ2) is 13.5. The van der Waals surface area contributed by atoms with Crippen molar-refractivity contribution in [1.29, 1.82) is 0 Å². The Morgan fingerprint density at radius 2 is 1.93 bits per heavy atom. The molecule has 240 valence electrons. The fourth-order valence-electron chi connectivity index (χ4n) is 4.77. The summed E-state index contributed by atoms with van der Waals surface area (Å²) in [6, 6.07) is 12.2. The lowest BCUT2D eigenvalue weighted by atomic mass is 10.1. The van der Waals surface area contributed by atoms with Gasteiger partial charge in [-0.2, -0.15) is 10.2 Å². The Morgan fingerprint density at radius 3 is 2.60 bits per heavy atom. The number of amides is 1. The van der Waals surface area contributed by atoms with Crippen LogP contribution in [0.15, 0.2) is 61.1 Å². The molecule has 0 spiro atoms. The van der Waals surface area contributed by atoms with Gasteiger partial charge in [-0.1, -0.05) is 20.8 Å². The number of ether oxygens (including phenoxy) is 3. The van der Waals surface area contributed by atoms with Crippen molar-refractivity contribution in [3.8, 4) is 34.1 Å². The molecule has 2 atom stereocenters. The maximum atomic E-state index is 15.1. The van der Waals surface area contributed by atoms with Crippen LogP contribution >= 0.6 is 0 Å². The van der Waals surface area contributed by atoms with Crippen LogP contribution in [0, 0.1) is 5.82 Å². The van der Waals surface area contributed by atoms with Crippen LogP contribution in [0.5, 0.6) is 11.6 Å². The first-order valence-corrected chi connectivity index (χ1v) is 18.0. The van der Waals surface area contributed by atoms with E-state index in [1.165, 1.54) is 6.07 Å². The predicted octanol–water partition coefficient (Wildman–Crippen LogP) is 6.92. The molecule has 4 heterocycles. The van der Waals surface area contributed by atoms with E-state index in [0.717, 1.165) is 30.5 Å². The third-order valence-corrected chi connectivity index (χ3v) is 12.8. The zero-order valence-electron chi connectivity index (χ0n) is 26.4. The van der Waals surface area contributed by atoms with Crippen molar-refractivity contribution < 1.29 is 27.8 Å². The Morgan fingerprint density at radius 1 is 1.16 bits per heavy atom. The van der Waals surface area contributed by atoms with E-state index in [4.69, 9.17) is 24.4 Å². The molecule has 2 N–H and O–H groups in total. The predicted molar refractivity (Wildman–Crippen MR) is 170 cm³/mol. The first-order valence-electron chi connectivity index (χ1n) is 15.1. The molecule has 1 aliphatic rings. The van der Waals surface area contributed by atoms with Crippen molar-refractivity contribution in [2.45, 2.75) is 77.0 Å². The van der Waals surface area contributed by atoms with Gasteiger partial charge in [0.25, 0.3) is 5.88 Å². The van der Waals surface area contributed by atoms with Gasteiger partial charge < -0.3 is 24.4 Å². The van der Waals surface area contributed by atoms with Crippen molar-refractivity contribution in [3.63, 3.8) is 0 Å². The molecule has 1 saturated heterocycles. The summed E-state index contributed by atoms with van der Waals surface area (Å²) in [4.78, 5) is 15.8. The summed E-state index contributed by atoms with van der Waals surface area (Å²) in [5, 5.41) is 9.04. The number of nitrogens with zero attached hydrogens (tertiary/aromatic N) is 5. The first-order chi connectivity index (χ1) is 21.4. The van der Waals surface area contributed by atoms with Gasteiger partial charge in [0.1, 0.15) is 11.9 Å². The average molecular weight is 637 g/mol. The lowest BCUT2D eigenvalue weighted by molar-refractivity contribution is -0.0383. The second-order valence-corrected chi connectivity index (χ2v) is 17.5. The molecule has 1 aliphatic heterocycles. The van der Waals surface area contributed by atoms with Crippen molar-refractivity contribution in [1.82, 2.24) is 24.5 Å². The summed E-state index contributed by atoms with van der Waals surface area (Å²) in [5.74, 6) is -0.287. The minimum absolute atomic E-state index is 0.0129. The third kappa shape index (κ3) is 7.96. The fraction of sp³-hybridized carbons (Fsp3) is 0.438. The molecule has 45 heavy (non-hydrogen) atoms. The summed E-state index contributed by atoms with van der Waals surface area (Å²) in [5.41, 5.74) is 8.19. The summed E-state index contributed by atoms with van der Waals surface area (Å²) >= 11 is 0. The monoisotopic (exact) mass is 636 g/mol. The number of nitrogens with two attached hydrogens (primary N) is 1. The van der Waals surface area contributed by atoms with Crippen LogP contribution in [0.2, 0.25) is 18.1 Å². The average Bonchev–Trinajstić information content (AvgIpc) is 3.67. The number of carbonyl (C=O) groups excluding carboxylic acids is 1. The van der Waals surface area contributed by atoms with Crippen LogP contribution in [-0.2, 0) is 20.4 Å². The minimum Gasteiger partial charge on any atom is -0.442 e. The second-order valence-electron chi connectivity index (χ2n) is 12.7. The van der Waals surface area contributed by atoms with Gasteiger partial charge in [0.15, 0.2) is 20.4 Å². The van der Waals surface area contributed by atoms with Crippen LogP contribution in [0.3, 0.4) is 0 Å². The third-order valence-electron chi connectivity index (χ3n) is 8.32. The molecule has 1 aromatic carbocycles. The van der Waals surface area contributed by atoms with Crippen molar-refractivity contribution >= 4 is 14.4 Å². The van der Waals surface area contributed by atoms with Gasteiger partial charge in [-0.25, -0.2) is 18.9 Å². The molecule has 5 rings (SSSR count). The minimum atomic E-state index is -2.05. The lowest BCUT2D eigenvalue weighted by Gasteiger charge is -2.37. The van der Waals surface area contributed by atoms with Crippen molar-refractivity contribution in [2.24, 2.45) is 5.73 Å². The molecule has 13 heteroatoms. The molecule has 0 bridgehead atoms. The summed E-state index contributed by atoms with van der Waals surface area (Å²) in [6.45, 7) is 11.9. The van der Waals surface area contributed by atoms with E-state index >= 15 is 4.39 Å². The van der Waals surface area contributed by atoms with Crippen molar-refractivity contribution in [2.75, 3.05) is 13.2 Å². The molecule has 1 amide bonds. The molecule has 11 nitrogen and oxygen atoms in total. The van der Waals surface area contributed by atoms with Crippen molar-refractivity contribution in [3.05, 3.63) is 66.9 Å². The zero-order chi connectivity index (χ0) is 32.2. The maximum Gasteiger partial charge on any atom is 0.404 e. The maximum absolute atomic E-state index is 15.1. The van der Waals surface area contributed by atoms with Gasteiger partial charge in [-0.05, 0) is 79.9 Å². The van der Waals surface area contributed by atoms with Gasteiger partial charge in [0.2, 0.25) is 0 Å². The molecule has 0 radical (unpaired) electrons. The van der Waals surface area contributed by atoms with E-state index in [-0.39, 0.29) is 30.3 Å². The molecule has 4 aromatic rings. The Labute approximate surface area is 263 Å². The Kier molecular flexibility index (Phi) is 9.70. The van der Waals surface area contributed by atoms with E-state index in [2.05, 4.69) is 49.0 Å². The molecule has 1 fully saturated rings. The van der Waals surface area contributed by atoms with Gasteiger partial charge >= 0.3 is 6.09 Å². The number of benzene rings is 1. The van der Waals surface area contributed by atoms with E-state index in [1.807, 2.05) is 24.3 Å². The highest BCUT2D eigenvalue weighted by atomic mass is 28.4. The number of hydrogen-bond donors (Lipinski definition) is 1. The molecular weight excluding hydrogens is 595 g/mol. The molecular formula is C32H41FN6O5Si. The van der Waals surface area contributed by atoms with Gasteiger partial charge in [-0.15, -0.1) is 0 Å². The highest BCUT2D eigenvalue weighted by molar-refractivity contribution is 6.74. The summed E-state index contributed by atoms with van der Waals surface area (Å²) in [6.07, 6.45) is 6.39. The molecule has 0 aliphatic carbocycles. The SMILES string of the molecule is CC(C)(C)[Si](C)(C)OC[C@H](Cn1ccc(-c2ccc(Oc3ncc(-c4ccnn4C4CCCCO4)cc3F)cc2)n1)OC(N)=O. The lowest BCUT2D eigenvalue weighted by Crippen LogP contribution is -2.44. The highest BCUT2D eigenvalue weighted by Crippen LogP contribution is 2.37. The number of carbonyl (C=O) groups is 1. The number of hydrogen-bond acceptors (Lipinski definition) is 8. The number of pyridine rings is 1. The smallest absolute Gasteiger partial charge is 0.404 e. The number of primary amides is 1. The Bertz CT molecular complexity index is 1590. The molecule has 1 unspecified atom stereocenters. The number of aromatic nitrogens is 5. The van der Waals surface area contributed by atoms with Crippen LogP contribution in [0.1, 0.15) is 46.3 Å². The van der Waals surface area contributed by atoms with Crippen LogP contribution in [0.25, 0.3) is 22.5 Å². The van der Waals surface area contributed by atoms with E-state index in [9.17, 15) is 4.79 Å². The number of halogens is 1. The highest BCUT2D eigenvalue weighted by Gasteiger charge is 2.38. The Hall–Kier alpha value is -4.07. The normalized spacial score (nSPS) is 16.4. The van der Waals surface area contributed by atoms with E-state index < -0.39 is 26.3 Å². The van der Waals surface area contributed by atoms with Crippen LogP contribution in [-0.4, -0.2) is 58.3 Å². The number of rotatable bonds is 11. The first kappa shape index (κ1) is 32.3. The van der Waals surface area contributed by atoms with E-state index in [0.29, 0.717) is 23.6 Å². The summed E-state index contributed by atoms with van der Waals surface area (Å²) < 4.78 is 41.8. The van der Waals surface area contributed by atoms with Gasteiger partial charge in [-0.3, -0.25) is 4.68 Å². The standard InChI is InChI=1S/C32H41FN6O5Si/c1-32(2,3)45(4,5)42-21-25(44-31(34)40)20-38-16-14-27(37-38)22-9-11-24(12-10-22)43-30-26(33)18-23(19-35-30)28-13-15-36-39(28)29-8-6-7-17-41-29/h9-16,18-19,25,29H,6-8,17,20-21H2,1-5H3,(H2,34,40)/t25-,29?/m0/s1. The molecule has 3 aromatic heterocycles. The van der Waals surface area contributed by atoms with E-state index in [1.54, 1.807) is 40.1 Å². The molecule has 0 saturated carbocycles. The summed E-state index contributed by atoms with van der Waals surface area (Å²) in [7, 11) is -2.05. The Balaban J connectivity index is 1.22. The quantitative estimate of drug-likeness (QED) is 0.176. The van der Waals surface area contributed by atoms with Crippen LogP contribution in [0.4, 0.5) is 9.18 Å². The van der Waals surface area contributed by atoms with Gasteiger partial charge in [0.05, 0.1) is 24.5 Å². The topological polar surface area (TPSA) is 129 Å². The zero-order valence-corrected chi connectivity index (χ0v) is 27.4. The van der Waals surface area contributed by atoms with Gasteiger partial charge in [0, 0.05) is 36.3 Å². The fourth-order valence-corrected chi connectivity index (χ4v) is 5.80. The largest absolute Gasteiger partial charge is 0.442 e.